The van der Waals surface area contributed by atoms with Gasteiger partial charge in [-0.1, -0.05) is 39.4 Å². The van der Waals surface area contributed by atoms with Gasteiger partial charge >= 0.3 is 0 Å². The number of hydrogen-bond acceptors (Lipinski definition) is 0. The van der Waals surface area contributed by atoms with Crippen LogP contribution in [-0.4, -0.2) is 7.85 Å². The summed E-state index contributed by atoms with van der Waals surface area (Å²) in [6, 6.07) is 0. The second-order valence-electron chi connectivity index (χ2n) is 3.50. The Labute approximate surface area is 54.1 Å². The van der Waals surface area contributed by atoms with Crippen molar-refractivity contribution in [2.75, 3.05) is 0 Å². The molecule has 0 N–H and O–H groups in total. The van der Waals surface area contributed by atoms with E-state index in [1.165, 1.54) is 6.42 Å². The molecule has 0 nitrogen and oxygen atoms in total. The Kier molecular flexibility index (Phi) is 2.59. The Morgan fingerprint density at radius 2 is 1.88 bits per heavy atom. The van der Waals surface area contributed by atoms with Crippen LogP contribution < -0.4 is 0 Å². The average molecular weight is 112 g/mol. The lowest BCUT2D eigenvalue weighted by Crippen LogP contribution is -2.13. The molecule has 0 aromatic carbocycles. The monoisotopic (exact) mass is 112 g/mol. The van der Waals surface area contributed by atoms with E-state index < -0.39 is 0 Å². The van der Waals surface area contributed by atoms with Gasteiger partial charge < -0.3 is 0 Å². The summed E-state index contributed by atoms with van der Waals surface area (Å²) in [6.45, 7) is 9.13. The maximum Gasteiger partial charge on any atom is 0.109 e. The van der Waals surface area contributed by atoms with Crippen molar-refractivity contribution in [1.29, 1.82) is 0 Å². The minimum absolute atomic E-state index is 0.542. The molecule has 1 unspecified atom stereocenters. The van der Waals surface area contributed by atoms with Gasteiger partial charge in [0.15, 0.2) is 0 Å². The molecule has 0 aliphatic carbocycles. The molecule has 48 valence electrons. The number of rotatable bonds is 2. The summed E-state index contributed by atoms with van der Waals surface area (Å²) in [6.07, 6.45) is 1.28. The van der Waals surface area contributed by atoms with E-state index in [1.807, 2.05) is 0 Å². The van der Waals surface area contributed by atoms with E-state index in [1.54, 1.807) is 0 Å². The highest BCUT2D eigenvalue weighted by atomic mass is 14.2. The van der Waals surface area contributed by atoms with Gasteiger partial charge in [0.1, 0.15) is 7.85 Å². The normalized spacial score (nSPS) is 18.6. The zero-order valence-electron chi connectivity index (χ0n) is 6.78. The van der Waals surface area contributed by atoms with Gasteiger partial charge in [-0.15, -0.1) is 0 Å². The zero-order chi connectivity index (χ0) is 6.78. The molecular formula is C7H17B. The van der Waals surface area contributed by atoms with Crippen LogP contribution in [0.1, 0.15) is 34.1 Å². The molecule has 0 saturated heterocycles. The molecule has 0 fully saturated rings. The zero-order valence-corrected chi connectivity index (χ0v) is 6.78. The lowest BCUT2D eigenvalue weighted by atomic mass is 9.62. The van der Waals surface area contributed by atoms with Crippen LogP contribution >= 0.6 is 0 Å². The molecule has 0 saturated carbocycles. The molecular weight excluding hydrogens is 94.9 g/mol. The van der Waals surface area contributed by atoms with Crippen LogP contribution in [0, 0.1) is 5.92 Å². The summed E-state index contributed by atoms with van der Waals surface area (Å²) in [7, 11) is 2.32. The lowest BCUT2D eigenvalue weighted by molar-refractivity contribution is 0.431. The predicted octanol–water partition coefficient (Wildman–Crippen LogP) is 1.86. The van der Waals surface area contributed by atoms with E-state index in [0.29, 0.717) is 5.31 Å². The van der Waals surface area contributed by atoms with Crippen molar-refractivity contribution < 1.29 is 0 Å². The Morgan fingerprint density at radius 1 is 1.50 bits per heavy atom. The Hall–Kier alpha value is 0.0649. The molecule has 0 bridgehead atoms. The highest BCUT2D eigenvalue weighted by molar-refractivity contribution is 6.15. The summed E-state index contributed by atoms with van der Waals surface area (Å²) in [5, 5.41) is 0.542. The van der Waals surface area contributed by atoms with Crippen molar-refractivity contribution >= 4 is 7.85 Å². The summed E-state index contributed by atoms with van der Waals surface area (Å²) in [5.41, 5.74) is 0. The third-order valence-corrected chi connectivity index (χ3v) is 2.47. The van der Waals surface area contributed by atoms with Gasteiger partial charge in [0.25, 0.3) is 0 Å². The Morgan fingerprint density at radius 3 is 1.88 bits per heavy atom. The first-order valence-corrected chi connectivity index (χ1v) is 3.50. The molecule has 0 rings (SSSR count). The topological polar surface area (TPSA) is 0 Å². The standard InChI is InChI=1S/C7H17B/c1-5-7(4,8)6(2)3/h6H,5,8H2,1-4H3. The van der Waals surface area contributed by atoms with Crippen molar-refractivity contribution in [2.45, 2.75) is 39.4 Å². The largest absolute Gasteiger partial charge is 0.109 e. The van der Waals surface area contributed by atoms with Crippen molar-refractivity contribution in [3.63, 3.8) is 0 Å². The van der Waals surface area contributed by atoms with Gasteiger partial charge in [-0.2, -0.15) is 0 Å². The minimum Gasteiger partial charge on any atom is -0.0667 e. The van der Waals surface area contributed by atoms with E-state index in [4.69, 9.17) is 0 Å². The average Bonchev–Trinajstić information content (AvgIpc) is 1.67. The second-order valence-corrected chi connectivity index (χ2v) is 3.50. The van der Waals surface area contributed by atoms with Crippen molar-refractivity contribution in [1.82, 2.24) is 0 Å². The fourth-order valence-corrected chi connectivity index (χ4v) is 0.408. The highest BCUT2D eigenvalue weighted by Gasteiger charge is 2.18. The molecule has 0 amide bonds. The van der Waals surface area contributed by atoms with Crippen molar-refractivity contribution in [2.24, 2.45) is 5.92 Å². The van der Waals surface area contributed by atoms with Gasteiger partial charge in [-0.05, 0) is 5.92 Å². The van der Waals surface area contributed by atoms with Crippen LogP contribution in [0.2, 0.25) is 5.31 Å². The third kappa shape index (κ3) is 1.89. The molecule has 1 atom stereocenters. The fourth-order valence-electron chi connectivity index (χ4n) is 0.408. The van der Waals surface area contributed by atoms with Gasteiger partial charge in [0.2, 0.25) is 0 Å². The van der Waals surface area contributed by atoms with Crippen LogP contribution in [0.25, 0.3) is 0 Å². The highest BCUT2D eigenvalue weighted by Crippen LogP contribution is 2.33. The maximum atomic E-state index is 2.32. The molecule has 0 heterocycles. The van der Waals surface area contributed by atoms with Crippen LogP contribution in [0.3, 0.4) is 0 Å². The van der Waals surface area contributed by atoms with Crippen molar-refractivity contribution in [3.8, 4) is 0 Å². The quantitative estimate of drug-likeness (QED) is 0.478. The van der Waals surface area contributed by atoms with Crippen molar-refractivity contribution in [3.05, 3.63) is 0 Å². The summed E-state index contributed by atoms with van der Waals surface area (Å²) >= 11 is 0. The molecule has 0 aliphatic rings. The lowest BCUT2D eigenvalue weighted by Gasteiger charge is -2.27. The van der Waals surface area contributed by atoms with Crippen LogP contribution in [0.4, 0.5) is 0 Å². The maximum absolute atomic E-state index is 2.32. The van der Waals surface area contributed by atoms with Gasteiger partial charge in [-0.3, -0.25) is 0 Å². The molecule has 0 aliphatic heterocycles. The van der Waals surface area contributed by atoms with E-state index >= 15 is 0 Å². The summed E-state index contributed by atoms with van der Waals surface area (Å²) in [5.74, 6) is 0.812. The van der Waals surface area contributed by atoms with Gasteiger partial charge in [0, 0.05) is 0 Å². The first kappa shape index (κ1) is 8.06. The Bertz CT molecular complexity index is 64.8. The molecule has 0 radical (unpaired) electrons. The van der Waals surface area contributed by atoms with Crippen LogP contribution in [0.5, 0.6) is 0 Å². The minimum atomic E-state index is 0.542. The summed E-state index contributed by atoms with van der Waals surface area (Å²) < 4.78 is 0. The Balaban J connectivity index is 3.71. The van der Waals surface area contributed by atoms with Crippen LogP contribution in [0.15, 0.2) is 0 Å². The molecule has 1 heteroatoms. The predicted molar refractivity (Wildman–Crippen MR) is 42.0 cm³/mol. The van der Waals surface area contributed by atoms with E-state index in [0.717, 1.165) is 5.92 Å². The smallest absolute Gasteiger partial charge is 0.0667 e. The first-order chi connectivity index (χ1) is 3.50. The van der Waals surface area contributed by atoms with Gasteiger partial charge in [0.05, 0.1) is 0 Å². The van der Waals surface area contributed by atoms with E-state index in [9.17, 15) is 0 Å². The van der Waals surface area contributed by atoms with Crippen LogP contribution in [-0.2, 0) is 0 Å². The third-order valence-electron chi connectivity index (χ3n) is 2.47. The van der Waals surface area contributed by atoms with Gasteiger partial charge in [-0.25, -0.2) is 0 Å². The van der Waals surface area contributed by atoms with E-state index in [-0.39, 0.29) is 0 Å². The molecule has 8 heavy (non-hydrogen) atoms. The molecule has 0 spiro atoms. The first-order valence-electron chi connectivity index (χ1n) is 3.50. The van der Waals surface area contributed by atoms with E-state index in [2.05, 4.69) is 35.5 Å². The second kappa shape index (κ2) is 2.57. The summed E-state index contributed by atoms with van der Waals surface area (Å²) in [4.78, 5) is 0. The SMILES string of the molecule is BC(C)(CC)C(C)C. The number of hydrogen-bond donors (Lipinski definition) is 0. The fraction of sp³-hybridized carbons (Fsp3) is 1.00. The molecule has 0 aromatic heterocycles. The molecule has 0 aromatic rings.